The number of halogens is 3. The molecule has 0 aliphatic heterocycles. The monoisotopic (exact) mass is 406 g/mol. The molecule has 10 heteroatoms. The van der Waals surface area contributed by atoms with Gasteiger partial charge in [-0.25, -0.2) is 13.2 Å². The first-order chi connectivity index (χ1) is 12.5. The summed E-state index contributed by atoms with van der Waals surface area (Å²) in [5.41, 5.74) is 0.0392. The van der Waals surface area contributed by atoms with Gasteiger partial charge in [-0.1, -0.05) is 6.42 Å². The molecule has 0 fully saturated rings. The van der Waals surface area contributed by atoms with Crippen LogP contribution in [0.4, 0.5) is 13.2 Å². The summed E-state index contributed by atoms with van der Waals surface area (Å²) in [6, 6.07) is 1.30. The van der Waals surface area contributed by atoms with Gasteiger partial charge >= 0.3 is 8.80 Å². The Hall–Kier alpha value is -2.36. The summed E-state index contributed by atoms with van der Waals surface area (Å²) in [5, 5.41) is 0. The van der Waals surface area contributed by atoms with E-state index in [0.29, 0.717) is 25.3 Å². The zero-order chi connectivity index (χ0) is 20.6. The molecule has 0 radical (unpaired) electrons. The number of aryl methyl sites for hydroxylation is 1. The van der Waals surface area contributed by atoms with Gasteiger partial charge < -0.3 is 13.3 Å². The number of carbonyl (C=O) groups is 3. The van der Waals surface area contributed by atoms with Crippen molar-refractivity contribution in [2.24, 2.45) is 0 Å². The predicted molar refractivity (Wildman–Crippen MR) is 89.7 cm³/mol. The summed E-state index contributed by atoms with van der Waals surface area (Å²) in [6.07, 6.45) is 1.36. The van der Waals surface area contributed by atoms with Crippen LogP contribution in [0.25, 0.3) is 0 Å². The largest absolute Gasteiger partial charge is 0.705 e. The molecule has 0 heterocycles. The van der Waals surface area contributed by atoms with Crippen molar-refractivity contribution in [3.8, 4) is 0 Å². The van der Waals surface area contributed by atoms with Crippen LogP contribution in [0.3, 0.4) is 0 Å². The van der Waals surface area contributed by atoms with Crippen LogP contribution in [0, 0.1) is 17.5 Å². The van der Waals surface area contributed by atoms with Crippen molar-refractivity contribution in [3.63, 3.8) is 0 Å². The van der Waals surface area contributed by atoms with Gasteiger partial charge in [-0.05, 0) is 30.9 Å². The fourth-order valence-corrected chi connectivity index (χ4v) is 4.89. The first-order valence-corrected chi connectivity index (χ1v) is 10.2. The first kappa shape index (κ1) is 22.7. The molecule has 0 amide bonds. The van der Waals surface area contributed by atoms with Gasteiger partial charge in [0.2, 0.25) is 0 Å². The third-order valence-corrected chi connectivity index (χ3v) is 6.18. The Morgan fingerprint density at radius 3 is 1.74 bits per heavy atom. The third kappa shape index (κ3) is 7.81. The van der Waals surface area contributed by atoms with Crippen LogP contribution in [-0.4, -0.2) is 26.7 Å². The van der Waals surface area contributed by atoms with Gasteiger partial charge in [0.05, 0.1) is 6.04 Å². The maximum atomic E-state index is 13.6. The van der Waals surface area contributed by atoms with E-state index in [0.717, 1.165) is 26.8 Å². The summed E-state index contributed by atoms with van der Waals surface area (Å²) < 4.78 is 54.8. The maximum Gasteiger partial charge on any atom is 0.705 e. The van der Waals surface area contributed by atoms with Crippen LogP contribution in [0.2, 0.25) is 6.04 Å². The highest BCUT2D eigenvalue weighted by atomic mass is 28.4. The van der Waals surface area contributed by atoms with E-state index in [1.54, 1.807) is 0 Å². The molecule has 0 saturated carbocycles. The highest BCUT2D eigenvalue weighted by Gasteiger charge is 2.51. The van der Waals surface area contributed by atoms with E-state index in [2.05, 4.69) is 0 Å². The van der Waals surface area contributed by atoms with E-state index < -0.39 is 44.2 Å². The fourth-order valence-electron chi connectivity index (χ4n) is 2.46. The van der Waals surface area contributed by atoms with Crippen LogP contribution in [0.15, 0.2) is 12.1 Å². The fraction of sp³-hybridized carbons (Fsp3) is 0.471. The van der Waals surface area contributed by atoms with Crippen LogP contribution in [-0.2, 0) is 34.1 Å². The lowest BCUT2D eigenvalue weighted by Gasteiger charge is -2.26. The van der Waals surface area contributed by atoms with Gasteiger partial charge in [-0.3, -0.25) is 14.4 Å². The molecule has 0 N–H and O–H groups in total. The topological polar surface area (TPSA) is 78.9 Å². The molecule has 0 saturated heterocycles. The SMILES string of the molecule is CC(=O)O[Si](CCCCCc1cc(F)c(F)cc1F)(OC(C)=O)OC(C)=O. The van der Waals surface area contributed by atoms with Crippen molar-refractivity contribution >= 4 is 26.7 Å². The molecule has 6 nitrogen and oxygen atoms in total. The zero-order valence-electron chi connectivity index (χ0n) is 15.3. The second-order valence-corrected chi connectivity index (χ2v) is 8.36. The Morgan fingerprint density at radius 2 is 1.26 bits per heavy atom. The van der Waals surface area contributed by atoms with Crippen molar-refractivity contribution in [1.82, 2.24) is 0 Å². The molecule has 150 valence electrons. The van der Waals surface area contributed by atoms with Crippen LogP contribution in [0.1, 0.15) is 45.6 Å². The molecule has 0 atom stereocenters. The molecule has 0 bridgehead atoms. The molecule has 1 aromatic rings. The first-order valence-electron chi connectivity index (χ1n) is 8.27. The van der Waals surface area contributed by atoms with Crippen LogP contribution in [0.5, 0.6) is 0 Å². The number of rotatable bonds is 9. The highest BCUT2D eigenvalue weighted by molar-refractivity contribution is 6.65. The van der Waals surface area contributed by atoms with Crippen molar-refractivity contribution in [3.05, 3.63) is 35.1 Å². The summed E-state index contributed by atoms with van der Waals surface area (Å²) in [6.45, 7) is 3.29. The Morgan fingerprint density at radius 1 is 0.778 bits per heavy atom. The molecule has 0 spiro atoms. The number of hydrogen-bond donors (Lipinski definition) is 0. The predicted octanol–water partition coefficient (Wildman–Crippen LogP) is 3.44. The van der Waals surface area contributed by atoms with Gasteiger partial charge in [-0.15, -0.1) is 0 Å². The zero-order valence-corrected chi connectivity index (χ0v) is 16.3. The highest BCUT2D eigenvalue weighted by Crippen LogP contribution is 2.22. The minimum absolute atomic E-state index is 0.00595. The van der Waals surface area contributed by atoms with Gasteiger partial charge in [0.15, 0.2) is 11.6 Å². The molecule has 0 unspecified atom stereocenters. The smallest absolute Gasteiger partial charge is 0.455 e. The normalized spacial score (nSPS) is 11.0. The average Bonchev–Trinajstić information content (AvgIpc) is 2.49. The lowest BCUT2D eigenvalue weighted by Crippen LogP contribution is -2.49. The van der Waals surface area contributed by atoms with Gasteiger partial charge in [0, 0.05) is 26.8 Å². The van der Waals surface area contributed by atoms with Crippen molar-refractivity contribution < 1.29 is 40.8 Å². The summed E-state index contributed by atoms with van der Waals surface area (Å²) in [7, 11) is -3.87. The molecule has 0 aliphatic carbocycles. The van der Waals surface area contributed by atoms with E-state index in [9.17, 15) is 27.6 Å². The summed E-state index contributed by atoms with van der Waals surface area (Å²) in [4.78, 5) is 33.9. The Bertz CT molecular complexity index is 669. The van der Waals surface area contributed by atoms with E-state index in [1.807, 2.05) is 0 Å². The van der Waals surface area contributed by atoms with Crippen LogP contribution < -0.4 is 0 Å². The quantitative estimate of drug-likeness (QED) is 0.355. The van der Waals surface area contributed by atoms with E-state index in [-0.39, 0.29) is 18.0 Å². The van der Waals surface area contributed by atoms with Crippen molar-refractivity contribution in [2.45, 2.75) is 52.5 Å². The summed E-state index contributed by atoms with van der Waals surface area (Å²) in [5.74, 6) is -5.49. The Balaban J connectivity index is 2.67. The maximum absolute atomic E-state index is 13.6. The standard InChI is InChI=1S/C17H21F3O6Si/c1-11(21)24-27(25-12(2)22,26-13(3)23)8-6-4-5-7-14-9-16(19)17(20)10-15(14)18/h9-10H,4-8H2,1-3H3. The number of unbranched alkanes of at least 4 members (excludes halogenated alkanes) is 2. The minimum Gasteiger partial charge on any atom is -0.455 e. The van der Waals surface area contributed by atoms with E-state index in [1.165, 1.54) is 0 Å². The van der Waals surface area contributed by atoms with Gasteiger partial charge in [-0.2, -0.15) is 0 Å². The molecular weight excluding hydrogens is 385 g/mol. The van der Waals surface area contributed by atoms with E-state index >= 15 is 0 Å². The van der Waals surface area contributed by atoms with Gasteiger partial charge in [0.25, 0.3) is 17.9 Å². The number of hydrogen-bond acceptors (Lipinski definition) is 6. The summed E-state index contributed by atoms with van der Waals surface area (Å²) >= 11 is 0. The van der Waals surface area contributed by atoms with Crippen molar-refractivity contribution in [1.29, 1.82) is 0 Å². The Kier molecular flexibility index (Phi) is 8.48. The lowest BCUT2D eigenvalue weighted by molar-refractivity contribution is -0.147. The number of carbonyl (C=O) groups excluding carboxylic acids is 3. The molecule has 27 heavy (non-hydrogen) atoms. The lowest BCUT2D eigenvalue weighted by atomic mass is 10.1. The minimum atomic E-state index is -3.87. The number of benzene rings is 1. The molecule has 0 aromatic heterocycles. The second kappa shape index (κ2) is 10.1. The third-order valence-electron chi connectivity index (χ3n) is 3.42. The van der Waals surface area contributed by atoms with Crippen LogP contribution >= 0.6 is 0 Å². The Labute approximate surface area is 156 Å². The second-order valence-electron chi connectivity index (χ2n) is 5.88. The molecular formula is C17H21F3O6Si. The average molecular weight is 406 g/mol. The molecule has 1 rings (SSSR count). The van der Waals surface area contributed by atoms with Crippen molar-refractivity contribution in [2.75, 3.05) is 0 Å². The van der Waals surface area contributed by atoms with E-state index in [4.69, 9.17) is 13.3 Å². The van der Waals surface area contributed by atoms with Gasteiger partial charge in [0.1, 0.15) is 5.82 Å². The molecule has 0 aliphatic rings. The molecule has 1 aromatic carbocycles.